The molecule has 0 saturated carbocycles. The standard InChI is InChI=1S/C15H25N3O2/c1-4-18-7-8-20-14(10-18)15(17-16)12-9-11(2)5-6-13(12)19-3/h5-6,9,14-15,17H,4,7-8,10,16H2,1-3H3. The van der Waals surface area contributed by atoms with Gasteiger partial charge in [-0.15, -0.1) is 0 Å². The van der Waals surface area contributed by atoms with Crippen LogP contribution in [0.1, 0.15) is 24.1 Å². The second-order valence-corrected chi connectivity index (χ2v) is 5.19. The Morgan fingerprint density at radius 2 is 2.35 bits per heavy atom. The molecule has 1 heterocycles. The highest BCUT2D eigenvalue weighted by Gasteiger charge is 2.30. The SMILES string of the molecule is CCN1CCOC(C(NN)c2cc(C)ccc2OC)C1. The van der Waals surface area contributed by atoms with E-state index in [1.54, 1.807) is 7.11 Å². The number of ether oxygens (including phenoxy) is 2. The van der Waals surface area contributed by atoms with Crippen LogP contribution >= 0.6 is 0 Å². The lowest BCUT2D eigenvalue weighted by Gasteiger charge is -2.36. The fraction of sp³-hybridized carbons (Fsp3) is 0.600. The molecular formula is C15H25N3O2. The van der Waals surface area contributed by atoms with Crippen molar-refractivity contribution >= 4 is 0 Å². The highest BCUT2D eigenvalue weighted by Crippen LogP contribution is 2.30. The molecule has 1 aliphatic heterocycles. The van der Waals surface area contributed by atoms with Crippen molar-refractivity contribution in [1.82, 2.24) is 10.3 Å². The molecule has 1 saturated heterocycles. The van der Waals surface area contributed by atoms with Crippen molar-refractivity contribution in [1.29, 1.82) is 0 Å². The Morgan fingerprint density at radius 3 is 3.00 bits per heavy atom. The fourth-order valence-corrected chi connectivity index (χ4v) is 2.71. The van der Waals surface area contributed by atoms with Crippen LogP contribution in [0.5, 0.6) is 5.75 Å². The molecule has 2 unspecified atom stereocenters. The van der Waals surface area contributed by atoms with Gasteiger partial charge in [0.1, 0.15) is 5.75 Å². The van der Waals surface area contributed by atoms with Crippen molar-refractivity contribution in [3.05, 3.63) is 29.3 Å². The number of likely N-dealkylation sites (N-methyl/N-ethyl adjacent to an activating group) is 1. The first kappa shape index (κ1) is 15.3. The lowest BCUT2D eigenvalue weighted by atomic mass is 9.97. The maximum atomic E-state index is 5.92. The first-order valence-corrected chi connectivity index (χ1v) is 7.14. The molecule has 5 heteroatoms. The number of hydrogen-bond acceptors (Lipinski definition) is 5. The number of nitrogens with zero attached hydrogens (tertiary/aromatic N) is 1. The third-order valence-corrected chi connectivity index (χ3v) is 3.90. The van der Waals surface area contributed by atoms with Gasteiger partial charge >= 0.3 is 0 Å². The predicted molar refractivity (Wildman–Crippen MR) is 79.6 cm³/mol. The Balaban J connectivity index is 2.25. The van der Waals surface area contributed by atoms with E-state index in [1.807, 2.05) is 12.1 Å². The molecule has 1 aromatic rings. The van der Waals surface area contributed by atoms with E-state index >= 15 is 0 Å². The zero-order chi connectivity index (χ0) is 14.5. The summed E-state index contributed by atoms with van der Waals surface area (Å²) in [4.78, 5) is 2.38. The summed E-state index contributed by atoms with van der Waals surface area (Å²) in [5.41, 5.74) is 5.14. The zero-order valence-corrected chi connectivity index (χ0v) is 12.6. The summed E-state index contributed by atoms with van der Waals surface area (Å²) in [5.74, 6) is 6.64. The summed E-state index contributed by atoms with van der Waals surface area (Å²) in [5, 5.41) is 0. The Hall–Kier alpha value is -1.14. The van der Waals surface area contributed by atoms with Crippen LogP contribution < -0.4 is 16.0 Å². The lowest BCUT2D eigenvalue weighted by Crippen LogP contribution is -2.49. The number of nitrogens with one attached hydrogen (secondary N) is 1. The van der Waals surface area contributed by atoms with Crippen LogP contribution in [0.2, 0.25) is 0 Å². The van der Waals surface area contributed by atoms with Gasteiger partial charge in [-0.25, -0.2) is 0 Å². The largest absolute Gasteiger partial charge is 0.496 e. The first-order valence-electron chi connectivity index (χ1n) is 7.14. The normalized spacial score (nSPS) is 21.7. The molecule has 0 bridgehead atoms. The number of hydrazine groups is 1. The van der Waals surface area contributed by atoms with Gasteiger partial charge < -0.3 is 9.47 Å². The highest BCUT2D eigenvalue weighted by atomic mass is 16.5. The molecule has 2 rings (SSSR count). The smallest absolute Gasteiger partial charge is 0.123 e. The molecule has 5 nitrogen and oxygen atoms in total. The van der Waals surface area contributed by atoms with Crippen molar-refractivity contribution in [3.63, 3.8) is 0 Å². The molecule has 0 amide bonds. The lowest BCUT2D eigenvalue weighted by molar-refractivity contribution is -0.0459. The second kappa shape index (κ2) is 7.04. The molecule has 0 aromatic heterocycles. The summed E-state index contributed by atoms with van der Waals surface area (Å²) in [7, 11) is 1.68. The van der Waals surface area contributed by atoms with Crippen LogP contribution in [0, 0.1) is 6.92 Å². The van der Waals surface area contributed by atoms with E-state index in [1.165, 1.54) is 5.56 Å². The van der Waals surface area contributed by atoms with Crippen LogP contribution in [0.4, 0.5) is 0 Å². The molecule has 0 radical (unpaired) electrons. The highest BCUT2D eigenvalue weighted by molar-refractivity contribution is 5.39. The predicted octanol–water partition coefficient (Wildman–Crippen LogP) is 1.23. The van der Waals surface area contributed by atoms with E-state index < -0.39 is 0 Å². The van der Waals surface area contributed by atoms with E-state index in [0.717, 1.165) is 37.6 Å². The van der Waals surface area contributed by atoms with Gasteiger partial charge in [0, 0.05) is 18.7 Å². The number of morpholine rings is 1. The van der Waals surface area contributed by atoms with Gasteiger partial charge in [0.2, 0.25) is 0 Å². The second-order valence-electron chi connectivity index (χ2n) is 5.19. The molecule has 0 spiro atoms. The van der Waals surface area contributed by atoms with Crippen LogP contribution in [0.3, 0.4) is 0 Å². The molecule has 0 aliphatic carbocycles. The van der Waals surface area contributed by atoms with E-state index in [0.29, 0.717) is 0 Å². The average Bonchev–Trinajstić information content (AvgIpc) is 2.48. The summed E-state index contributed by atoms with van der Waals surface area (Å²) in [6.07, 6.45) is 0.0319. The van der Waals surface area contributed by atoms with E-state index in [2.05, 4.69) is 30.2 Å². The van der Waals surface area contributed by atoms with Gasteiger partial charge in [-0.1, -0.05) is 24.6 Å². The summed E-state index contributed by atoms with van der Waals surface area (Å²) < 4.78 is 11.4. The first-order chi connectivity index (χ1) is 9.69. The van der Waals surface area contributed by atoms with E-state index in [9.17, 15) is 0 Å². The maximum absolute atomic E-state index is 5.92. The van der Waals surface area contributed by atoms with E-state index in [-0.39, 0.29) is 12.1 Å². The van der Waals surface area contributed by atoms with Gasteiger partial charge in [0.05, 0.1) is 25.9 Å². The monoisotopic (exact) mass is 279 g/mol. The van der Waals surface area contributed by atoms with Crippen molar-refractivity contribution in [2.45, 2.75) is 26.0 Å². The number of benzene rings is 1. The Bertz CT molecular complexity index is 439. The number of aryl methyl sites for hydroxylation is 1. The minimum Gasteiger partial charge on any atom is -0.496 e. The number of hydrogen-bond donors (Lipinski definition) is 2. The maximum Gasteiger partial charge on any atom is 0.123 e. The minimum atomic E-state index is -0.0702. The van der Waals surface area contributed by atoms with Gasteiger partial charge in [0.25, 0.3) is 0 Å². The molecular weight excluding hydrogens is 254 g/mol. The van der Waals surface area contributed by atoms with Crippen molar-refractivity contribution < 1.29 is 9.47 Å². The van der Waals surface area contributed by atoms with Crippen LogP contribution in [-0.4, -0.2) is 44.4 Å². The third kappa shape index (κ3) is 3.30. The quantitative estimate of drug-likeness (QED) is 0.627. The molecule has 3 N–H and O–H groups in total. The molecule has 2 atom stereocenters. The average molecular weight is 279 g/mol. The molecule has 1 aromatic carbocycles. The Labute approximate surface area is 121 Å². The van der Waals surface area contributed by atoms with Gasteiger partial charge in [-0.3, -0.25) is 16.2 Å². The van der Waals surface area contributed by atoms with Crippen LogP contribution in [-0.2, 0) is 4.74 Å². The topological polar surface area (TPSA) is 59.8 Å². The molecule has 1 aliphatic rings. The van der Waals surface area contributed by atoms with Crippen molar-refractivity contribution in [2.24, 2.45) is 5.84 Å². The Morgan fingerprint density at radius 1 is 1.55 bits per heavy atom. The summed E-state index contributed by atoms with van der Waals surface area (Å²) in [6.45, 7) is 7.86. The van der Waals surface area contributed by atoms with Crippen molar-refractivity contribution in [2.75, 3.05) is 33.4 Å². The summed E-state index contributed by atoms with van der Waals surface area (Å²) in [6, 6.07) is 6.06. The Kier molecular flexibility index (Phi) is 5.37. The number of rotatable bonds is 5. The number of nitrogens with two attached hydrogens (primary N) is 1. The van der Waals surface area contributed by atoms with Crippen molar-refractivity contribution in [3.8, 4) is 5.75 Å². The summed E-state index contributed by atoms with van der Waals surface area (Å²) >= 11 is 0. The van der Waals surface area contributed by atoms with Gasteiger partial charge in [-0.05, 0) is 19.5 Å². The van der Waals surface area contributed by atoms with Gasteiger partial charge in [-0.2, -0.15) is 0 Å². The molecule has 1 fully saturated rings. The minimum absolute atomic E-state index is 0.0319. The van der Waals surface area contributed by atoms with Gasteiger partial charge in [0.15, 0.2) is 0 Å². The molecule has 112 valence electrons. The van der Waals surface area contributed by atoms with E-state index in [4.69, 9.17) is 15.3 Å². The third-order valence-electron chi connectivity index (χ3n) is 3.90. The fourth-order valence-electron chi connectivity index (χ4n) is 2.71. The zero-order valence-electron chi connectivity index (χ0n) is 12.6. The molecule has 20 heavy (non-hydrogen) atoms. The number of methoxy groups -OCH3 is 1. The van der Waals surface area contributed by atoms with Crippen LogP contribution in [0.15, 0.2) is 18.2 Å². The van der Waals surface area contributed by atoms with Crippen LogP contribution in [0.25, 0.3) is 0 Å².